The van der Waals surface area contributed by atoms with E-state index in [1.54, 1.807) is 6.92 Å². The molecule has 4 heteroatoms. The highest BCUT2D eigenvalue weighted by Crippen LogP contribution is 2.32. The van der Waals surface area contributed by atoms with Gasteiger partial charge in [0, 0.05) is 6.54 Å². The van der Waals surface area contributed by atoms with Gasteiger partial charge in [-0.2, -0.15) is 0 Å². The zero-order valence-electron chi connectivity index (χ0n) is 7.53. The third-order valence-electron chi connectivity index (χ3n) is 1.83. The number of fused-ring (bicyclic) bond motifs is 1. The van der Waals surface area contributed by atoms with E-state index < -0.39 is 12.2 Å². The van der Waals surface area contributed by atoms with E-state index in [0.717, 1.165) is 0 Å². The van der Waals surface area contributed by atoms with Crippen LogP contribution in [0.25, 0.3) is 0 Å². The number of imide groups is 1. The van der Waals surface area contributed by atoms with E-state index in [2.05, 4.69) is 0 Å². The van der Waals surface area contributed by atoms with Crippen LogP contribution in [0, 0.1) is 0 Å². The van der Waals surface area contributed by atoms with Gasteiger partial charge in [0.25, 0.3) is 11.8 Å². The second-order valence-corrected chi connectivity index (χ2v) is 2.40. The minimum Gasteiger partial charge on any atom is -0.349 e. The summed E-state index contributed by atoms with van der Waals surface area (Å²) in [6, 6.07) is 0. The first kappa shape index (κ1) is 9.19. The minimum atomic E-state index is -0.424. The number of likely N-dealkylation sites (N-methyl/N-ethyl adjacent to an activating group) is 1. The predicted molar refractivity (Wildman–Crippen MR) is 42.4 cm³/mol. The van der Waals surface area contributed by atoms with Crippen LogP contribution < -0.4 is 0 Å². The Morgan fingerprint density at radius 2 is 1.67 bits per heavy atom. The molecule has 0 N–H and O–H groups in total. The molecule has 2 atom stereocenters. The molecule has 0 saturated carbocycles. The Morgan fingerprint density at radius 3 is 1.92 bits per heavy atom. The average Bonchev–Trinajstić information content (AvgIpc) is 2.83. The van der Waals surface area contributed by atoms with E-state index >= 15 is 0 Å². The lowest BCUT2D eigenvalue weighted by molar-refractivity contribution is -0.144. The second kappa shape index (κ2) is 3.23. The van der Waals surface area contributed by atoms with Crippen LogP contribution >= 0.6 is 0 Å². The number of rotatable bonds is 1. The molecule has 0 radical (unpaired) electrons. The average molecular weight is 171 g/mol. The number of hydrogen-bond acceptors (Lipinski definition) is 3. The SMILES string of the molecule is CC.CCN1C(=O)C2OC2C1=O. The van der Waals surface area contributed by atoms with Crippen molar-refractivity contribution in [2.45, 2.75) is 33.0 Å². The van der Waals surface area contributed by atoms with Crippen LogP contribution in [0.5, 0.6) is 0 Å². The summed E-state index contributed by atoms with van der Waals surface area (Å²) in [7, 11) is 0. The van der Waals surface area contributed by atoms with Gasteiger partial charge in [-0.15, -0.1) is 0 Å². The summed E-state index contributed by atoms with van der Waals surface area (Å²) < 4.78 is 4.77. The first-order valence-electron chi connectivity index (χ1n) is 4.26. The molecular weight excluding hydrogens is 158 g/mol. The highest BCUT2D eigenvalue weighted by Gasteiger charge is 2.60. The van der Waals surface area contributed by atoms with Crippen molar-refractivity contribution in [3.8, 4) is 0 Å². The van der Waals surface area contributed by atoms with E-state index in [-0.39, 0.29) is 11.8 Å². The molecule has 0 aromatic carbocycles. The summed E-state index contributed by atoms with van der Waals surface area (Å²) in [6.45, 7) is 6.24. The number of carbonyl (C=O) groups is 2. The molecule has 2 amide bonds. The van der Waals surface area contributed by atoms with Crippen LogP contribution in [0.15, 0.2) is 0 Å². The minimum absolute atomic E-state index is 0.169. The van der Waals surface area contributed by atoms with E-state index in [1.807, 2.05) is 13.8 Å². The number of amides is 2. The number of hydrogen-bond donors (Lipinski definition) is 0. The summed E-state index contributed by atoms with van der Waals surface area (Å²) in [5.41, 5.74) is 0. The normalized spacial score (nSPS) is 31.1. The van der Waals surface area contributed by atoms with Gasteiger partial charge in [0.2, 0.25) is 0 Å². The molecule has 0 spiro atoms. The summed E-state index contributed by atoms with van der Waals surface area (Å²) >= 11 is 0. The number of nitrogens with zero attached hydrogens (tertiary/aromatic N) is 1. The Labute approximate surface area is 71.5 Å². The van der Waals surface area contributed by atoms with Gasteiger partial charge in [0.15, 0.2) is 12.2 Å². The Bertz CT molecular complexity index is 194. The number of epoxide rings is 1. The largest absolute Gasteiger partial charge is 0.349 e. The van der Waals surface area contributed by atoms with Crippen LogP contribution in [0.1, 0.15) is 20.8 Å². The van der Waals surface area contributed by atoms with Crippen molar-refractivity contribution in [3.63, 3.8) is 0 Å². The summed E-state index contributed by atoms with van der Waals surface area (Å²) in [5.74, 6) is -0.338. The molecule has 12 heavy (non-hydrogen) atoms. The first-order valence-corrected chi connectivity index (χ1v) is 4.26. The summed E-state index contributed by atoms with van der Waals surface area (Å²) in [6.07, 6.45) is -0.847. The topological polar surface area (TPSA) is 49.9 Å². The third kappa shape index (κ3) is 1.12. The molecule has 0 aromatic rings. The van der Waals surface area contributed by atoms with Gasteiger partial charge in [-0.3, -0.25) is 14.5 Å². The lowest BCUT2D eigenvalue weighted by Crippen LogP contribution is -2.34. The van der Waals surface area contributed by atoms with Crippen LogP contribution in [0.2, 0.25) is 0 Å². The zero-order valence-corrected chi connectivity index (χ0v) is 7.53. The third-order valence-corrected chi connectivity index (χ3v) is 1.83. The van der Waals surface area contributed by atoms with Gasteiger partial charge in [-0.1, -0.05) is 13.8 Å². The Hall–Kier alpha value is -0.900. The van der Waals surface area contributed by atoms with E-state index in [9.17, 15) is 9.59 Å². The fraction of sp³-hybridized carbons (Fsp3) is 0.750. The lowest BCUT2D eigenvalue weighted by Gasteiger charge is -2.11. The standard InChI is InChI=1S/C6H7NO3.C2H6/c1-2-7-5(8)3-4(10-3)6(7)9;1-2/h3-4H,2H2,1H3;1-2H3. The van der Waals surface area contributed by atoms with E-state index in [4.69, 9.17) is 4.74 Å². The van der Waals surface area contributed by atoms with Gasteiger partial charge < -0.3 is 4.74 Å². The van der Waals surface area contributed by atoms with Crippen LogP contribution in [-0.2, 0) is 14.3 Å². The first-order chi connectivity index (χ1) is 5.75. The maximum atomic E-state index is 11.0. The van der Waals surface area contributed by atoms with Crippen molar-refractivity contribution in [1.82, 2.24) is 4.90 Å². The van der Waals surface area contributed by atoms with Crippen molar-refractivity contribution in [2.24, 2.45) is 0 Å². The Morgan fingerprint density at radius 1 is 1.25 bits per heavy atom. The molecule has 2 fully saturated rings. The maximum Gasteiger partial charge on any atom is 0.261 e. The number of morpholine rings is 1. The molecule has 4 nitrogen and oxygen atoms in total. The molecule has 2 saturated heterocycles. The van der Waals surface area contributed by atoms with Crippen molar-refractivity contribution in [1.29, 1.82) is 0 Å². The highest BCUT2D eigenvalue weighted by atomic mass is 16.6. The van der Waals surface area contributed by atoms with Crippen molar-refractivity contribution in [3.05, 3.63) is 0 Å². The fourth-order valence-electron chi connectivity index (χ4n) is 1.22. The maximum absolute atomic E-state index is 11.0. The number of likely N-dealkylation sites (tertiary alicyclic amines) is 1. The second-order valence-electron chi connectivity index (χ2n) is 2.40. The molecule has 2 heterocycles. The van der Waals surface area contributed by atoms with Gasteiger partial charge >= 0.3 is 0 Å². The van der Waals surface area contributed by atoms with Crippen LogP contribution in [0.4, 0.5) is 0 Å². The van der Waals surface area contributed by atoms with Crippen LogP contribution in [-0.4, -0.2) is 35.5 Å². The van der Waals surface area contributed by atoms with Crippen molar-refractivity contribution in [2.75, 3.05) is 6.54 Å². The molecule has 2 aliphatic heterocycles. The molecule has 0 bridgehead atoms. The molecule has 2 aliphatic rings. The zero-order chi connectivity index (χ0) is 9.30. The molecule has 0 aromatic heterocycles. The number of carbonyl (C=O) groups excluding carboxylic acids is 2. The summed E-state index contributed by atoms with van der Waals surface area (Å²) in [4.78, 5) is 23.2. The molecule has 2 rings (SSSR count). The van der Waals surface area contributed by atoms with E-state index in [0.29, 0.717) is 6.54 Å². The van der Waals surface area contributed by atoms with Gasteiger partial charge in [0.1, 0.15) is 0 Å². The number of ether oxygens (including phenoxy) is 1. The Kier molecular flexibility index (Phi) is 2.47. The monoisotopic (exact) mass is 171 g/mol. The molecule has 68 valence electrons. The molecular formula is C8H13NO3. The molecule has 0 aliphatic carbocycles. The Balaban J connectivity index is 0.000000336. The van der Waals surface area contributed by atoms with Gasteiger partial charge in [-0.25, -0.2) is 0 Å². The smallest absolute Gasteiger partial charge is 0.261 e. The summed E-state index contributed by atoms with van der Waals surface area (Å²) in [5, 5.41) is 0. The van der Waals surface area contributed by atoms with Crippen molar-refractivity contribution < 1.29 is 14.3 Å². The van der Waals surface area contributed by atoms with Gasteiger partial charge in [-0.05, 0) is 6.92 Å². The quantitative estimate of drug-likeness (QED) is 0.417. The van der Waals surface area contributed by atoms with Crippen molar-refractivity contribution >= 4 is 11.8 Å². The van der Waals surface area contributed by atoms with Crippen LogP contribution in [0.3, 0.4) is 0 Å². The fourth-order valence-corrected chi connectivity index (χ4v) is 1.22. The predicted octanol–water partition coefficient (Wildman–Crippen LogP) is 0.169. The molecule has 2 unspecified atom stereocenters. The lowest BCUT2D eigenvalue weighted by atomic mass is 10.4. The highest BCUT2D eigenvalue weighted by molar-refractivity contribution is 6.11. The van der Waals surface area contributed by atoms with Gasteiger partial charge in [0.05, 0.1) is 0 Å². The van der Waals surface area contributed by atoms with E-state index in [1.165, 1.54) is 4.90 Å².